The maximum atomic E-state index is 12.8. The van der Waals surface area contributed by atoms with Gasteiger partial charge in [-0.05, 0) is 51.3 Å². The highest BCUT2D eigenvalue weighted by Crippen LogP contribution is 2.43. The van der Waals surface area contributed by atoms with E-state index >= 15 is 0 Å². The van der Waals surface area contributed by atoms with Gasteiger partial charge in [-0.25, -0.2) is 4.79 Å². The molecular weight excluding hydrogens is 318 g/mol. The normalized spacial score (nSPS) is 20.5. The summed E-state index contributed by atoms with van der Waals surface area (Å²) in [5.74, 6) is -0.791. The van der Waals surface area contributed by atoms with Crippen LogP contribution < -0.4 is 5.32 Å². The first-order chi connectivity index (χ1) is 11.9. The standard InChI is InChI=1S/C20H23NO4/c1-11(2)25-20(24)17-12(3)21-15-8-5-9-16(23)19(15)18(17)13-6-4-7-14(22)10-13/h4,6-7,10-11,18,21-22H,5,8-9H2,1-3H3/t18-/m0/s1. The van der Waals surface area contributed by atoms with E-state index in [1.165, 1.54) is 0 Å². The fourth-order valence-electron chi connectivity index (χ4n) is 3.57. The molecule has 0 fully saturated rings. The number of rotatable bonds is 3. The number of dihydropyridines is 1. The molecule has 0 unspecified atom stereocenters. The summed E-state index contributed by atoms with van der Waals surface area (Å²) in [7, 11) is 0. The summed E-state index contributed by atoms with van der Waals surface area (Å²) in [5, 5.41) is 13.1. The predicted molar refractivity (Wildman–Crippen MR) is 93.8 cm³/mol. The second-order valence-electron chi connectivity index (χ2n) is 6.81. The molecule has 5 heteroatoms. The van der Waals surface area contributed by atoms with Crippen LogP contribution in [0.3, 0.4) is 0 Å². The highest BCUT2D eigenvalue weighted by atomic mass is 16.5. The second-order valence-corrected chi connectivity index (χ2v) is 6.81. The van der Waals surface area contributed by atoms with Gasteiger partial charge in [-0.3, -0.25) is 4.79 Å². The Hall–Kier alpha value is -2.56. The van der Waals surface area contributed by atoms with E-state index in [1.54, 1.807) is 32.0 Å². The molecule has 0 bridgehead atoms. The summed E-state index contributed by atoms with van der Waals surface area (Å²) in [6, 6.07) is 6.74. The number of hydrogen-bond acceptors (Lipinski definition) is 5. The fourth-order valence-corrected chi connectivity index (χ4v) is 3.57. The van der Waals surface area contributed by atoms with Gasteiger partial charge in [0.25, 0.3) is 0 Å². The Morgan fingerprint density at radius 1 is 1.32 bits per heavy atom. The third-order valence-corrected chi connectivity index (χ3v) is 4.54. The molecule has 0 aromatic heterocycles. The minimum absolute atomic E-state index is 0.0458. The molecule has 0 spiro atoms. The van der Waals surface area contributed by atoms with Gasteiger partial charge in [0.2, 0.25) is 0 Å². The maximum absolute atomic E-state index is 12.8. The summed E-state index contributed by atoms with van der Waals surface area (Å²) in [5.41, 5.74) is 3.36. The smallest absolute Gasteiger partial charge is 0.337 e. The maximum Gasteiger partial charge on any atom is 0.337 e. The molecule has 0 saturated heterocycles. The van der Waals surface area contributed by atoms with E-state index in [1.807, 2.05) is 13.0 Å². The monoisotopic (exact) mass is 341 g/mol. The molecule has 3 rings (SSSR count). The molecular formula is C20H23NO4. The average molecular weight is 341 g/mol. The molecule has 1 aromatic rings. The lowest BCUT2D eigenvalue weighted by molar-refractivity contribution is -0.143. The number of esters is 1. The first-order valence-corrected chi connectivity index (χ1v) is 8.62. The zero-order chi connectivity index (χ0) is 18.1. The lowest BCUT2D eigenvalue weighted by Gasteiger charge is -2.34. The van der Waals surface area contributed by atoms with Crippen molar-refractivity contribution in [2.75, 3.05) is 0 Å². The first kappa shape index (κ1) is 17.3. The van der Waals surface area contributed by atoms with E-state index in [-0.39, 0.29) is 17.6 Å². The van der Waals surface area contributed by atoms with E-state index in [0.717, 1.165) is 24.1 Å². The Kier molecular flexibility index (Phi) is 4.66. The van der Waals surface area contributed by atoms with Crippen LogP contribution in [0, 0.1) is 0 Å². The van der Waals surface area contributed by atoms with Crippen LogP contribution >= 0.6 is 0 Å². The van der Waals surface area contributed by atoms with E-state index in [0.29, 0.717) is 23.3 Å². The number of nitrogens with one attached hydrogen (secondary N) is 1. The SMILES string of the molecule is CC1=C(C(=O)OC(C)C)[C@H](c2cccc(O)c2)C2=C(CCCC2=O)N1. The summed E-state index contributed by atoms with van der Waals surface area (Å²) in [6.45, 7) is 5.42. The molecule has 0 saturated carbocycles. The van der Waals surface area contributed by atoms with Crippen LogP contribution in [0.1, 0.15) is 51.5 Å². The number of ketones is 1. The van der Waals surface area contributed by atoms with Crippen molar-refractivity contribution < 1.29 is 19.4 Å². The largest absolute Gasteiger partial charge is 0.508 e. The molecule has 0 radical (unpaired) electrons. The molecule has 1 atom stereocenters. The number of hydrogen-bond donors (Lipinski definition) is 2. The zero-order valence-electron chi connectivity index (χ0n) is 14.8. The summed E-state index contributed by atoms with van der Waals surface area (Å²) >= 11 is 0. The highest BCUT2D eigenvalue weighted by Gasteiger charge is 2.39. The second kappa shape index (κ2) is 6.75. The van der Waals surface area contributed by atoms with E-state index < -0.39 is 11.9 Å². The summed E-state index contributed by atoms with van der Waals surface area (Å²) in [6.07, 6.45) is 1.80. The summed E-state index contributed by atoms with van der Waals surface area (Å²) in [4.78, 5) is 25.4. The van der Waals surface area contributed by atoms with Gasteiger partial charge < -0.3 is 15.2 Å². The van der Waals surface area contributed by atoms with Crippen molar-refractivity contribution in [3.05, 3.63) is 52.4 Å². The van der Waals surface area contributed by atoms with Gasteiger partial charge in [0.15, 0.2) is 5.78 Å². The molecule has 1 heterocycles. The number of carbonyl (C=O) groups excluding carboxylic acids is 2. The topological polar surface area (TPSA) is 75.6 Å². The van der Waals surface area contributed by atoms with Crippen molar-refractivity contribution in [2.45, 2.75) is 52.1 Å². The Labute approximate surface area is 147 Å². The van der Waals surface area contributed by atoms with Crippen LogP contribution in [-0.4, -0.2) is 23.0 Å². The number of carbonyl (C=O) groups is 2. The fraction of sp³-hybridized carbons (Fsp3) is 0.400. The molecule has 132 valence electrons. The number of allylic oxidation sites excluding steroid dienone is 3. The summed E-state index contributed by atoms with van der Waals surface area (Å²) < 4.78 is 5.42. The van der Waals surface area contributed by atoms with Gasteiger partial charge in [-0.2, -0.15) is 0 Å². The molecule has 2 aliphatic rings. The average Bonchev–Trinajstić information content (AvgIpc) is 2.53. The Balaban J connectivity index is 2.15. The van der Waals surface area contributed by atoms with Gasteiger partial charge in [0.05, 0.1) is 11.7 Å². The van der Waals surface area contributed by atoms with Crippen molar-refractivity contribution in [1.82, 2.24) is 5.32 Å². The van der Waals surface area contributed by atoms with Crippen molar-refractivity contribution in [3.8, 4) is 5.75 Å². The van der Waals surface area contributed by atoms with E-state index in [9.17, 15) is 14.7 Å². The number of phenols is 1. The number of Topliss-reactive ketones (excluding diaryl/α,β-unsaturated/α-hetero) is 1. The van der Waals surface area contributed by atoms with Crippen molar-refractivity contribution >= 4 is 11.8 Å². The molecule has 1 aliphatic carbocycles. The third-order valence-electron chi connectivity index (χ3n) is 4.54. The van der Waals surface area contributed by atoms with Crippen molar-refractivity contribution in [1.29, 1.82) is 0 Å². The Bertz CT molecular complexity index is 789. The van der Waals surface area contributed by atoms with Crippen LogP contribution in [0.4, 0.5) is 0 Å². The minimum Gasteiger partial charge on any atom is -0.508 e. The highest BCUT2D eigenvalue weighted by molar-refractivity contribution is 6.03. The first-order valence-electron chi connectivity index (χ1n) is 8.62. The number of ether oxygens (including phenoxy) is 1. The predicted octanol–water partition coefficient (Wildman–Crippen LogP) is 3.31. The Morgan fingerprint density at radius 2 is 2.08 bits per heavy atom. The van der Waals surface area contributed by atoms with Gasteiger partial charge >= 0.3 is 5.97 Å². The molecule has 1 aromatic carbocycles. The van der Waals surface area contributed by atoms with Crippen LogP contribution in [0.5, 0.6) is 5.75 Å². The van der Waals surface area contributed by atoms with Gasteiger partial charge in [0.1, 0.15) is 5.75 Å². The lowest BCUT2D eigenvalue weighted by Crippen LogP contribution is -2.34. The molecule has 1 aliphatic heterocycles. The molecule has 0 amide bonds. The lowest BCUT2D eigenvalue weighted by atomic mass is 9.75. The third kappa shape index (κ3) is 3.31. The number of aromatic hydroxyl groups is 1. The van der Waals surface area contributed by atoms with Gasteiger partial charge in [-0.15, -0.1) is 0 Å². The molecule has 5 nitrogen and oxygen atoms in total. The van der Waals surface area contributed by atoms with E-state index in [4.69, 9.17) is 4.74 Å². The van der Waals surface area contributed by atoms with E-state index in [2.05, 4.69) is 5.32 Å². The Morgan fingerprint density at radius 3 is 2.76 bits per heavy atom. The number of phenolic OH excluding ortho intramolecular Hbond substituents is 1. The van der Waals surface area contributed by atoms with Gasteiger partial charge in [0, 0.05) is 29.3 Å². The van der Waals surface area contributed by atoms with Crippen LogP contribution in [-0.2, 0) is 14.3 Å². The van der Waals surface area contributed by atoms with Crippen LogP contribution in [0.15, 0.2) is 46.8 Å². The van der Waals surface area contributed by atoms with Crippen molar-refractivity contribution in [2.24, 2.45) is 0 Å². The molecule has 25 heavy (non-hydrogen) atoms. The quantitative estimate of drug-likeness (QED) is 0.825. The van der Waals surface area contributed by atoms with Crippen molar-refractivity contribution in [3.63, 3.8) is 0 Å². The van der Waals surface area contributed by atoms with Crippen LogP contribution in [0.25, 0.3) is 0 Å². The van der Waals surface area contributed by atoms with Crippen LogP contribution in [0.2, 0.25) is 0 Å². The number of benzene rings is 1. The zero-order valence-corrected chi connectivity index (χ0v) is 14.8. The molecule has 2 N–H and O–H groups in total. The minimum atomic E-state index is -0.512. The van der Waals surface area contributed by atoms with Gasteiger partial charge in [-0.1, -0.05) is 12.1 Å².